The van der Waals surface area contributed by atoms with Crippen LogP contribution in [0.5, 0.6) is 0 Å². The highest BCUT2D eigenvalue weighted by Crippen LogP contribution is 2.56. The maximum absolute atomic E-state index is 14.4. The summed E-state index contributed by atoms with van der Waals surface area (Å²) in [6.07, 6.45) is -12.2. The number of ketones is 1. The highest BCUT2D eigenvalue weighted by molar-refractivity contribution is 6.14. The van der Waals surface area contributed by atoms with Gasteiger partial charge in [-0.2, -0.15) is 26.3 Å². The van der Waals surface area contributed by atoms with Crippen LogP contribution in [0.15, 0.2) is 36.4 Å². The molecule has 180 valence electrons. The Kier molecular flexibility index (Phi) is 5.84. The van der Waals surface area contributed by atoms with Crippen molar-refractivity contribution in [3.8, 4) is 0 Å². The van der Waals surface area contributed by atoms with Gasteiger partial charge < -0.3 is 9.84 Å². The number of rotatable bonds is 5. The summed E-state index contributed by atoms with van der Waals surface area (Å²) < 4.78 is 90.5. The number of hydrogen-bond acceptors (Lipinski definition) is 5. The SMILES string of the molecule is CC(C)C(=O)c1ccc(C(c2ccc3c(c2)C(=O)OC3=O)(C(F)(F)F)C(F)(F)F)cc1C(=O)O. The summed E-state index contributed by atoms with van der Waals surface area (Å²) in [7, 11) is 0. The van der Waals surface area contributed by atoms with Crippen molar-refractivity contribution in [1.82, 2.24) is 0 Å². The smallest absolute Gasteiger partial charge is 0.411 e. The first-order valence-electron chi connectivity index (χ1n) is 9.50. The molecule has 0 saturated carbocycles. The fourth-order valence-corrected chi connectivity index (χ4v) is 3.78. The van der Waals surface area contributed by atoms with Gasteiger partial charge in [0, 0.05) is 11.5 Å². The molecule has 0 aliphatic carbocycles. The Labute approximate surface area is 187 Å². The summed E-state index contributed by atoms with van der Waals surface area (Å²) in [6.45, 7) is 2.75. The Bertz CT molecular complexity index is 1210. The Morgan fingerprint density at radius 1 is 0.794 bits per heavy atom. The first-order valence-corrected chi connectivity index (χ1v) is 9.50. The second kappa shape index (κ2) is 7.96. The standard InChI is InChI=1S/C22H14F6O6/c1-9(2)16(29)12-5-3-10(7-14(12)17(30)31)20(21(23,24)25,22(26,27)28)11-4-6-13-15(8-11)19(33)34-18(13)32/h3-9H,1-2H3,(H,30,31). The van der Waals surface area contributed by atoms with E-state index in [-0.39, 0.29) is 12.1 Å². The lowest BCUT2D eigenvalue weighted by atomic mass is 9.71. The minimum Gasteiger partial charge on any atom is -0.478 e. The van der Waals surface area contributed by atoms with E-state index < -0.39 is 80.8 Å². The number of aromatic carboxylic acids is 1. The molecule has 0 aromatic heterocycles. The molecule has 1 aliphatic heterocycles. The van der Waals surface area contributed by atoms with Crippen LogP contribution in [0.25, 0.3) is 0 Å². The van der Waals surface area contributed by atoms with Gasteiger partial charge in [-0.1, -0.05) is 32.0 Å². The Hall–Kier alpha value is -3.70. The third-order valence-electron chi connectivity index (χ3n) is 5.40. The van der Waals surface area contributed by atoms with Crippen LogP contribution in [0, 0.1) is 5.92 Å². The lowest BCUT2D eigenvalue weighted by Crippen LogP contribution is -2.55. The average Bonchev–Trinajstić information content (AvgIpc) is 2.99. The number of carboxylic acid groups (broad SMARTS) is 1. The van der Waals surface area contributed by atoms with Crippen LogP contribution in [-0.4, -0.2) is 41.2 Å². The number of carbonyl (C=O) groups excluding carboxylic acids is 3. The van der Waals surface area contributed by atoms with Gasteiger partial charge in [-0.05, 0) is 29.3 Å². The number of alkyl halides is 6. The average molecular weight is 488 g/mol. The van der Waals surface area contributed by atoms with Gasteiger partial charge in [0.05, 0.1) is 16.7 Å². The number of hydrogen-bond donors (Lipinski definition) is 1. The van der Waals surface area contributed by atoms with Crippen molar-refractivity contribution in [2.45, 2.75) is 31.6 Å². The van der Waals surface area contributed by atoms with Crippen molar-refractivity contribution >= 4 is 23.7 Å². The maximum atomic E-state index is 14.4. The first-order chi connectivity index (χ1) is 15.5. The highest BCUT2D eigenvalue weighted by atomic mass is 19.4. The summed E-state index contributed by atoms with van der Waals surface area (Å²) in [5.74, 6) is -6.16. The van der Waals surface area contributed by atoms with Gasteiger partial charge in [-0.15, -0.1) is 0 Å². The number of carboxylic acids is 1. The molecule has 34 heavy (non-hydrogen) atoms. The van der Waals surface area contributed by atoms with Gasteiger partial charge in [0.1, 0.15) is 0 Å². The molecule has 0 fully saturated rings. The Balaban J connectivity index is 2.42. The van der Waals surface area contributed by atoms with Crippen LogP contribution in [0.2, 0.25) is 0 Å². The monoisotopic (exact) mass is 488 g/mol. The molecule has 0 unspecified atom stereocenters. The predicted molar refractivity (Wildman–Crippen MR) is 102 cm³/mol. The van der Waals surface area contributed by atoms with Crippen LogP contribution in [0.1, 0.15) is 66.4 Å². The zero-order valence-corrected chi connectivity index (χ0v) is 17.3. The first kappa shape index (κ1) is 24.9. The van der Waals surface area contributed by atoms with Crippen LogP contribution < -0.4 is 0 Å². The molecule has 1 aliphatic rings. The number of halogens is 6. The van der Waals surface area contributed by atoms with Gasteiger partial charge in [0.25, 0.3) is 0 Å². The van der Waals surface area contributed by atoms with Gasteiger partial charge >= 0.3 is 30.3 Å². The fourth-order valence-electron chi connectivity index (χ4n) is 3.78. The number of esters is 2. The van der Waals surface area contributed by atoms with Gasteiger partial charge in [0.2, 0.25) is 5.41 Å². The van der Waals surface area contributed by atoms with Crippen molar-refractivity contribution in [1.29, 1.82) is 0 Å². The van der Waals surface area contributed by atoms with E-state index in [1.54, 1.807) is 0 Å². The van der Waals surface area contributed by atoms with Crippen LogP contribution in [0.3, 0.4) is 0 Å². The summed E-state index contributed by atoms with van der Waals surface area (Å²) >= 11 is 0. The van der Waals surface area contributed by atoms with E-state index in [0.717, 1.165) is 0 Å². The molecule has 0 radical (unpaired) electrons. The molecule has 1 heterocycles. The van der Waals surface area contributed by atoms with E-state index in [1.165, 1.54) is 13.8 Å². The minimum atomic E-state index is -6.09. The third-order valence-corrected chi connectivity index (χ3v) is 5.40. The van der Waals surface area contributed by atoms with Gasteiger partial charge in [-0.3, -0.25) is 4.79 Å². The third kappa shape index (κ3) is 3.62. The molecular weight excluding hydrogens is 474 g/mol. The molecule has 6 nitrogen and oxygen atoms in total. The number of ether oxygens (including phenoxy) is 1. The summed E-state index contributed by atoms with van der Waals surface area (Å²) in [6, 6.07) is 2.33. The van der Waals surface area contributed by atoms with Crippen molar-refractivity contribution in [2.75, 3.05) is 0 Å². The second-order valence-electron chi connectivity index (χ2n) is 7.77. The minimum absolute atomic E-state index is 0.148. The number of Topliss-reactive ketones (excluding diaryl/α,β-unsaturated/α-hetero) is 1. The van der Waals surface area contributed by atoms with Crippen molar-refractivity contribution in [3.05, 3.63) is 69.8 Å². The number of cyclic esters (lactones) is 2. The van der Waals surface area contributed by atoms with Crippen LogP contribution >= 0.6 is 0 Å². The quantitative estimate of drug-likeness (QED) is 0.277. The Morgan fingerprint density at radius 3 is 1.79 bits per heavy atom. The molecule has 2 aromatic rings. The van der Waals surface area contributed by atoms with Crippen molar-refractivity contribution in [2.24, 2.45) is 5.92 Å². The van der Waals surface area contributed by atoms with Crippen molar-refractivity contribution in [3.63, 3.8) is 0 Å². The zero-order valence-electron chi connectivity index (χ0n) is 17.3. The molecular formula is C22H14F6O6. The largest absolute Gasteiger partial charge is 0.478 e. The summed E-state index contributed by atoms with van der Waals surface area (Å²) in [4.78, 5) is 47.4. The van der Waals surface area contributed by atoms with Crippen molar-refractivity contribution < 1.29 is 55.4 Å². The van der Waals surface area contributed by atoms with E-state index in [4.69, 9.17) is 0 Å². The van der Waals surface area contributed by atoms with Gasteiger partial charge in [0.15, 0.2) is 5.78 Å². The molecule has 0 saturated heterocycles. The lowest BCUT2D eigenvalue weighted by Gasteiger charge is -2.38. The number of benzene rings is 2. The van der Waals surface area contributed by atoms with E-state index in [0.29, 0.717) is 24.3 Å². The summed E-state index contributed by atoms with van der Waals surface area (Å²) in [5, 5.41) is 9.44. The topological polar surface area (TPSA) is 97.7 Å². The van der Waals surface area contributed by atoms with Crippen LogP contribution in [0.4, 0.5) is 26.3 Å². The highest BCUT2D eigenvalue weighted by Gasteiger charge is 2.72. The van der Waals surface area contributed by atoms with E-state index in [9.17, 15) is 50.6 Å². The predicted octanol–water partition coefficient (Wildman–Crippen LogP) is 4.94. The molecule has 3 rings (SSSR count). The van der Waals surface area contributed by atoms with Crippen LogP contribution in [-0.2, 0) is 10.2 Å². The molecule has 0 amide bonds. The summed E-state index contributed by atoms with van der Waals surface area (Å²) in [5.41, 5.74) is -10.8. The Morgan fingerprint density at radius 2 is 1.29 bits per heavy atom. The normalized spacial score (nSPS) is 14.3. The second-order valence-corrected chi connectivity index (χ2v) is 7.77. The van der Waals surface area contributed by atoms with E-state index in [2.05, 4.69) is 4.74 Å². The molecule has 0 atom stereocenters. The zero-order chi connectivity index (χ0) is 25.8. The number of fused-ring (bicyclic) bond motifs is 1. The molecule has 1 N–H and O–H groups in total. The van der Waals surface area contributed by atoms with E-state index >= 15 is 0 Å². The molecule has 12 heteroatoms. The number of carbonyl (C=O) groups is 4. The van der Waals surface area contributed by atoms with E-state index in [1.807, 2.05) is 0 Å². The fraction of sp³-hybridized carbons (Fsp3) is 0.273. The lowest BCUT2D eigenvalue weighted by molar-refractivity contribution is -0.288. The molecule has 0 bridgehead atoms. The molecule has 0 spiro atoms. The molecule has 2 aromatic carbocycles. The van der Waals surface area contributed by atoms with Gasteiger partial charge in [-0.25, -0.2) is 14.4 Å². The maximum Gasteiger partial charge on any atom is 0.411 e.